The van der Waals surface area contributed by atoms with Crippen LogP contribution in [0.5, 0.6) is 0 Å². The summed E-state index contributed by atoms with van der Waals surface area (Å²) >= 11 is 11.7. The van der Waals surface area contributed by atoms with Gasteiger partial charge in [-0.15, -0.1) is 0 Å². The third-order valence-corrected chi connectivity index (χ3v) is 3.09. The van der Waals surface area contributed by atoms with Crippen molar-refractivity contribution >= 4 is 41.1 Å². The van der Waals surface area contributed by atoms with Crippen molar-refractivity contribution in [1.82, 2.24) is 5.43 Å². The average molecular weight is 258 g/mol. The normalized spacial score (nSPS) is 19.8. The molecule has 16 heavy (non-hydrogen) atoms. The molecular weight excluding hydrogens is 249 g/mol. The molecule has 1 aliphatic rings. The Balaban J connectivity index is 2.36. The molecule has 0 saturated heterocycles. The highest BCUT2D eigenvalue weighted by atomic mass is 35.5. The summed E-state index contributed by atoms with van der Waals surface area (Å²) < 4.78 is 0. The molecule has 0 aromatic heterocycles. The lowest BCUT2D eigenvalue weighted by atomic mass is 10.2. The molecule has 0 spiro atoms. The molecular formula is C10H9Cl2N3O. The maximum absolute atomic E-state index is 11.4. The van der Waals surface area contributed by atoms with Crippen molar-refractivity contribution in [2.24, 2.45) is 5.10 Å². The monoisotopic (exact) mass is 257 g/mol. The van der Waals surface area contributed by atoms with Crippen LogP contribution in [-0.2, 0) is 4.79 Å². The van der Waals surface area contributed by atoms with Gasteiger partial charge in [0.2, 0.25) is 0 Å². The van der Waals surface area contributed by atoms with Gasteiger partial charge in [0.05, 0.1) is 10.0 Å². The van der Waals surface area contributed by atoms with Gasteiger partial charge < -0.3 is 4.90 Å². The summed E-state index contributed by atoms with van der Waals surface area (Å²) in [6.07, 6.45) is 1.55. The van der Waals surface area contributed by atoms with Crippen LogP contribution in [-0.4, -0.2) is 18.3 Å². The van der Waals surface area contributed by atoms with Crippen LogP contribution in [0.15, 0.2) is 23.3 Å². The van der Waals surface area contributed by atoms with Crippen LogP contribution < -0.4 is 10.3 Å². The Morgan fingerprint density at radius 1 is 1.38 bits per heavy atom. The van der Waals surface area contributed by atoms with Crippen molar-refractivity contribution in [2.75, 3.05) is 4.90 Å². The van der Waals surface area contributed by atoms with Crippen molar-refractivity contribution in [2.45, 2.75) is 13.0 Å². The molecule has 1 atom stereocenters. The molecule has 0 aliphatic carbocycles. The predicted molar refractivity (Wildman–Crippen MR) is 65.0 cm³/mol. The molecule has 1 N–H and O–H groups in total. The molecule has 0 fully saturated rings. The Kier molecular flexibility index (Phi) is 3.03. The van der Waals surface area contributed by atoms with E-state index in [1.807, 2.05) is 0 Å². The van der Waals surface area contributed by atoms with E-state index in [1.54, 1.807) is 36.4 Å². The first kappa shape index (κ1) is 11.2. The molecule has 0 bridgehead atoms. The predicted octanol–water partition coefficient (Wildman–Crippen LogP) is 2.26. The molecule has 0 unspecified atom stereocenters. The maximum atomic E-state index is 11.4. The topological polar surface area (TPSA) is 44.7 Å². The van der Waals surface area contributed by atoms with Gasteiger partial charge in [0.1, 0.15) is 12.4 Å². The molecule has 84 valence electrons. The van der Waals surface area contributed by atoms with Crippen LogP contribution >= 0.6 is 23.2 Å². The molecule has 1 aromatic carbocycles. The second-order valence-electron chi connectivity index (χ2n) is 3.40. The Labute approximate surface area is 103 Å². The number of carbonyl (C=O) groups is 1. The number of hydrogen-bond donors (Lipinski definition) is 1. The standard InChI is InChI=1S/C10H9Cl2N3O/c1-6-10(16)14-13-5-15(6)7-2-3-8(11)9(12)4-7/h2-6H,1H3,(H,14,16)/t6-/m0/s1. The zero-order chi connectivity index (χ0) is 11.7. The van der Waals surface area contributed by atoms with Crippen molar-refractivity contribution in [3.05, 3.63) is 28.2 Å². The summed E-state index contributed by atoms with van der Waals surface area (Å²) in [5.74, 6) is -0.159. The third-order valence-electron chi connectivity index (χ3n) is 2.35. The first-order chi connectivity index (χ1) is 7.59. The van der Waals surface area contributed by atoms with Gasteiger partial charge in [-0.2, -0.15) is 5.10 Å². The van der Waals surface area contributed by atoms with Crippen molar-refractivity contribution in [3.8, 4) is 0 Å². The summed E-state index contributed by atoms with van der Waals surface area (Å²) in [7, 11) is 0. The number of anilines is 1. The molecule has 6 heteroatoms. The Bertz CT molecular complexity index is 461. The lowest BCUT2D eigenvalue weighted by Crippen LogP contribution is -2.47. The molecule has 0 saturated carbocycles. The number of hydrazone groups is 1. The van der Waals surface area contributed by atoms with E-state index >= 15 is 0 Å². The zero-order valence-corrected chi connectivity index (χ0v) is 9.96. The molecule has 1 aromatic rings. The van der Waals surface area contributed by atoms with E-state index < -0.39 is 0 Å². The summed E-state index contributed by atoms with van der Waals surface area (Å²) in [6, 6.07) is 4.85. The fourth-order valence-electron chi connectivity index (χ4n) is 1.41. The van der Waals surface area contributed by atoms with Crippen LogP contribution in [0.25, 0.3) is 0 Å². The van der Waals surface area contributed by atoms with Crippen LogP contribution in [0.1, 0.15) is 6.92 Å². The van der Waals surface area contributed by atoms with Gasteiger partial charge in [0, 0.05) is 5.69 Å². The minimum Gasteiger partial charge on any atom is -0.319 e. The zero-order valence-electron chi connectivity index (χ0n) is 8.45. The highest BCUT2D eigenvalue weighted by Gasteiger charge is 2.23. The number of nitrogens with zero attached hydrogens (tertiary/aromatic N) is 2. The SMILES string of the molecule is C[C@H]1C(=O)NN=CN1c1ccc(Cl)c(Cl)c1. The van der Waals surface area contributed by atoms with Gasteiger partial charge in [-0.1, -0.05) is 23.2 Å². The number of rotatable bonds is 1. The smallest absolute Gasteiger partial charge is 0.262 e. The minimum absolute atomic E-state index is 0.159. The van der Waals surface area contributed by atoms with E-state index in [4.69, 9.17) is 23.2 Å². The second-order valence-corrected chi connectivity index (χ2v) is 4.22. The Morgan fingerprint density at radius 3 is 2.81 bits per heavy atom. The quantitative estimate of drug-likeness (QED) is 0.839. The van der Waals surface area contributed by atoms with Gasteiger partial charge in [-0.3, -0.25) is 4.79 Å². The highest BCUT2D eigenvalue weighted by Crippen LogP contribution is 2.28. The number of benzene rings is 1. The minimum atomic E-state index is -0.324. The fraction of sp³-hybridized carbons (Fsp3) is 0.200. The first-order valence-electron chi connectivity index (χ1n) is 4.66. The summed E-state index contributed by atoms with van der Waals surface area (Å²) in [6.45, 7) is 1.78. The van der Waals surface area contributed by atoms with E-state index in [2.05, 4.69) is 10.5 Å². The summed E-state index contributed by atoms with van der Waals surface area (Å²) in [4.78, 5) is 13.1. The van der Waals surface area contributed by atoms with Crippen LogP contribution in [0.2, 0.25) is 10.0 Å². The number of amides is 1. The second kappa shape index (κ2) is 4.31. The largest absolute Gasteiger partial charge is 0.319 e. The lowest BCUT2D eigenvalue weighted by Gasteiger charge is -2.28. The van der Waals surface area contributed by atoms with Gasteiger partial charge in [-0.05, 0) is 25.1 Å². The van der Waals surface area contributed by atoms with Crippen molar-refractivity contribution in [1.29, 1.82) is 0 Å². The first-order valence-corrected chi connectivity index (χ1v) is 5.41. The van der Waals surface area contributed by atoms with Gasteiger partial charge in [0.15, 0.2) is 0 Å². The van der Waals surface area contributed by atoms with E-state index in [-0.39, 0.29) is 11.9 Å². The van der Waals surface area contributed by atoms with E-state index in [1.165, 1.54) is 0 Å². The van der Waals surface area contributed by atoms with E-state index in [0.29, 0.717) is 10.0 Å². The van der Waals surface area contributed by atoms with Crippen LogP contribution in [0.4, 0.5) is 5.69 Å². The molecule has 2 rings (SSSR count). The van der Waals surface area contributed by atoms with Gasteiger partial charge in [0.25, 0.3) is 5.91 Å². The number of nitrogens with one attached hydrogen (secondary N) is 1. The molecule has 1 aliphatic heterocycles. The highest BCUT2D eigenvalue weighted by molar-refractivity contribution is 6.42. The molecule has 0 radical (unpaired) electrons. The van der Waals surface area contributed by atoms with Crippen molar-refractivity contribution in [3.63, 3.8) is 0 Å². The van der Waals surface area contributed by atoms with Gasteiger partial charge in [-0.25, -0.2) is 5.43 Å². The van der Waals surface area contributed by atoms with Gasteiger partial charge >= 0.3 is 0 Å². The lowest BCUT2D eigenvalue weighted by molar-refractivity contribution is -0.122. The van der Waals surface area contributed by atoms with Crippen LogP contribution in [0.3, 0.4) is 0 Å². The van der Waals surface area contributed by atoms with Crippen LogP contribution in [0, 0.1) is 0 Å². The molecule has 4 nitrogen and oxygen atoms in total. The Hall–Kier alpha value is -1.26. The van der Waals surface area contributed by atoms with Crippen molar-refractivity contribution < 1.29 is 4.79 Å². The third kappa shape index (κ3) is 1.99. The number of carbonyl (C=O) groups excluding carboxylic acids is 1. The van der Waals surface area contributed by atoms with E-state index in [9.17, 15) is 4.79 Å². The molecule has 1 amide bonds. The fourth-order valence-corrected chi connectivity index (χ4v) is 1.70. The summed E-state index contributed by atoms with van der Waals surface area (Å²) in [5, 5.41) is 4.68. The summed E-state index contributed by atoms with van der Waals surface area (Å²) in [5.41, 5.74) is 3.17. The Morgan fingerprint density at radius 2 is 2.12 bits per heavy atom. The number of hydrogen-bond acceptors (Lipinski definition) is 3. The number of halogens is 2. The van der Waals surface area contributed by atoms with E-state index in [0.717, 1.165) is 5.69 Å². The molecule has 1 heterocycles. The average Bonchev–Trinajstić information content (AvgIpc) is 2.26. The maximum Gasteiger partial charge on any atom is 0.262 e.